The Bertz CT molecular complexity index is 534. The third-order valence-corrected chi connectivity index (χ3v) is 3.95. The molecule has 0 saturated heterocycles. The van der Waals surface area contributed by atoms with Gasteiger partial charge in [0.05, 0.1) is 5.69 Å². The van der Waals surface area contributed by atoms with E-state index in [2.05, 4.69) is 4.98 Å². The third kappa shape index (κ3) is 2.53. The molecule has 4 heteroatoms. The van der Waals surface area contributed by atoms with Crippen LogP contribution >= 0.6 is 11.3 Å². The normalized spacial score (nSPS) is 10.8. The van der Waals surface area contributed by atoms with Crippen molar-refractivity contribution < 1.29 is 4.39 Å². The van der Waals surface area contributed by atoms with Crippen molar-refractivity contribution in [2.24, 2.45) is 5.73 Å². The van der Waals surface area contributed by atoms with E-state index in [1.807, 2.05) is 13.0 Å². The van der Waals surface area contributed by atoms with Crippen LogP contribution in [-0.2, 0) is 6.42 Å². The number of nitrogens with zero attached hydrogens (tertiary/aromatic N) is 1. The molecule has 1 aromatic heterocycles. The highest BCUT2D eigenvalue weighted by Gasteiger charge is 2.10. The molecule has 0 amide bonds. The van der Waals surface area contributed by atoms with Crippen LogP contribution in [0.3, 0.4) is 0 Å². The van der Waals surface area contributed by atoms with Gasteiger partial charge in [-0.2, -0.15) is 0 Å². The first-order valence-electron chi connectivity index (χ1n) is 5.54. The molecule has 0 bridgehead atoms. The van der Waals surface area contributed by atoms with Gasteiger partial charge in [-0.25, -0.2) is 9.37 Å². The van der Waals surface area contributed by atoms with Crippen LogP contribution in [0.1, 0.15) is 16.1 Å². The minimum absolute atomic E-state index is 0.185. The van der Waals surface area contributed by atoms with E-state index in [1.54, 1.807) is 30.4 Å². The van der Waals surface area contributed by atoms with Crippen molar-refractivity contribution in [3.63, 3.8) is 0 Å². The van der Waals surface area contributed by atoms with Crippen LogP contribution < -0.4 is 5.73 Å². The number of nitrogens with two attached hydrogens (primary N) is 1. The van der Waals surface area contributed by atoms with E-state index >= 15 is 0 Å². The Morgan fingerprint density at radius 1 is 1.35 bits per heavy atom. The maximum Gasteiger partial charge on any atom is 0.126 e. The Balaban J connectivity index is 2.39. The van der Waals surface area contributed by atoms with Crippen molar-refractivity contribution >= 4 is 11.3 Å². The number of thiazole rings is 1. The van der Waals surface area contributed by atoms with E-state index in [0.29, 0.717) is 12.1 Å². The minimum Gasteiger partial charge on any atom is -0.330 e. The SMILES string of the molecule is Cc1ccc(-c2nc(C)c(CCN)s2)cc1F. The largest absolute Gasteiger partial charge is 0.330 e. The highest BCUT2D eigenvalue weighted by molar-refractivity contribution is 7.15. The average Bonchev–Trinajstić information content (AvgIpc) is 2.65. The first-order valence-corrected chi connectivity index (χ1v) is 6.36. The van der Waals surface area contributed by atoms with Crippen molar-refractivity contribution in [2.75, 3.05) is 6.54 Å². The molecule has 2 N–H and O–H groups in total. The minimum atomic E-state index is -0.185. The molecule has 0 radical (unpaired) electrons. The van der Waals surface area contributed by atoms with E-state index in [-0.39, 0.29) is 5.82 Å². The summed E-state index contributed by atoms with van der Waals surface area (Å²) in [5.74, 6) is -0.185. The fourth-order valence-corrected chi connectivity index (χ4v) is 2.71. The second kappa shape index (κ2) is 4.94. The van der Waals surface area contributed by atoms with Crippen LogP contribution in [0.15, 0.2) is 18.2 Å². The van der Waals surface area contributed by atoms with Gasteiger partial charge < -0.3 is 5.73 Å². The quantitative estimate of drug-likeness (QED) is 0.909. The molecule has 0 aliphatic heterocycles. The highest BCUT2D eigenvalue weighted by atomic mass is 32.1. The van der Waals surface area contributed by atoms with Crippen molar-refractivity contribution in [2.45, 2.75) is 20.3 Å². The van der Waals surface area contributed by atoms with Gasteiger partial charge in [-0.05, 0) is 38.4 Å². The van der Waals surface area contributed by atoms with Crippen molar-refractivity contribution in [1.29, 1.82) is 0 Å². The molecule has 0 unspecified atom stereocenters. The molecule has 0 fully saturated rings. The van der Waals surface area contributed by atoms with Gasteiger partial charge in [0.2, 0.25) is 0 Å². The van der Waals surface area contributed by atoms with Gasteiger partial charge in [0.15, 0.2) is 0 Å². The molecular formula is C13H15FN2S. The molecule has 2 rings (SSSR count). The number of aromatic nitrogens is 1. The van der Waals surface area contributed by atoms with E-state index < -0.39 is 0 Å². The van der Waals surface area contributed by atoms with E-state index in [0.717, 1.165) is 22.7 Å². The summed E-state index contributed by atoms with van der Waals surface area (Å²) in [6.07, 6.45) is 0.831. The van der Waals surface area contributed by atoms with E-state index in [9.17, 15) is 4.39 Å². The summed E-state index contributed by atoms with van der Waals surface area (Å²) in [4.78, 5) is 5.65. The lowest BCUT2D eigenvalue weighted by Gasteiger charge is -1.99. The number of benzene rings is 1. The molecule has 0 aliphatic rings. The lowest BCUT2D eigenvalue weighted by Crippen LogP contribution is -2.01. The molecule has 0 spiro atoms. The van der Waals surface area contributed by atoms with E-state index in [4.69, 9.17) is 5.73 Å². The zero-order valence-electron chi connectivity index (χ0n) is 9.96. The highest BCUT2D eigenvalue weighted by Crippen LogP contribution is 2.29. The summed E-state index contributed by atoms with van der Waals surface area (Å²) in [6, 6.07) is 5.23. The Kier molecular flexibility index (Phi) is 3.54. The average molecular weight is 250 g/mol. The van der Waals surface area contributed by atoms with Crippen LogP contribution in [0.25, 0.3) is 10.6 Å². The Morgan fingerprint density at radius 2 is 2.12 bits per heavy atom. The first kappa shape index (κ1) is 12.2. The second-order valence-electron chi connectivity index (χ2n) is 4.03. The zero-order chi connectivity index (χ0) is 12.4. The van der Waals surface area contributed by atoms with Gasteiger partial charge >= 0.3 is 0 Å². The summed E-state index contributed by atoms with van der Waals surface area (Å²) in [5, 5.41) is 0.866. The fraction of sp³-hybridized carbons (Fsp3) is 0.308. The number of halogens is 1. The van der Waals surface area contributed by atoms with Gasteiger partial charge in [-0.1, -0.05) is 12.1 Å². The summed E-state index contributed by atoms with van der Waals surface area (Å²) >= 11 is 1.59. The molecule has 17 heavy (non-hydrogen) atoms. The molecule has 90 valence electrons. The predicted octanol–water partition coefficient (Wildman–Crippen LogP) is 3.07. The van der Waals surface area contributed by atoms with Gasteiger partial charge in [0.1, 0.15) is 10.8 Å². The fourth-order valence-electron chi connectivity index (χ4n) is 1.64. The third-order valence-electron chi connectivity index (χ3n) is 2.68. The maximum atomic E-state index is 13.5. The van der Waals surface area contributed by atoms with E-state index in [1.165, 1.54) is 4.88 Å². The first-order chi connectivity index (χ1) is 8.11. The number of hydrogen-bond donors (Lipinski definition) is 1. The van der Waals surface area contributed by atoms with Crippen LogP contribution in [0, 0.1) is 19.7 Å². The number of rotatable bonds is 3. The van der Waals surface area contributed by atoms with Gasteiger partial charge in [0.25, 0.3) is 0 Å². The maximum absolute atomic E-state index is 13.5. The second-order valence-corrected chi connectivity index (χ2v) is 5.11. The Morgan fingerprint density at radius 3 is 2.76 bits per heavy atom. The summed E-state index contributed by atoms with van der Waals surface area (Å²) in [6.45, 7) is 4.34. The van der Waals surface area contributed by atoms with Crippen LogP contribution in [-0.4, -0.2) is 11.5 Å². The summed E-state index contributed by atoms with van der Waals surface area (Å²) in [5.41, 5.74) is 8.03. The summed E-state index contributed by atoms with van der Waals surface area (Å²) in [7, 11) is 0. The number of hydrogen-bond acceptors (Lipinski definition) is 3. The molecule has 2 nitrogen and oxygen atoms in total. The number of aryl methyl sites for hydroxylation is 2. The molecular weight excluding hydrogens is 235 g/mol. The summed E-state index contributed by atoms with van der Waals surface area (Å²) < 4.78 is 13.5. The predicted molar refractivity (Wildman–Crippen MR) is 69.7 cm³/mol. The van der Waals surface area contributed by atoms with Gasteiger partial charge in [-0.15, -0.1) is 11.3 Å². The molecule has 1 heterocycles. The topological polar surface area (TPSA) is 38.9 Å². The van der Waals surface area contributed by atoms with Crippen molar-refractivity contribution in [3.05, 3.63) is 40.2 Å². The van der Waals surface area contributed by atoms with Crippen LogP contribution in [0.2, 0.25) is 0 Å². The molecule has 1 aromatic carbocycles. The van der Waals surface area contributed by atoms with Gasteiger partial charge in [-0.3, -0.25) is 0 Å². The lowest BCUT2D eigenvalue weighted by atomic mass is 10.1. The smallest absolute Gasteiger partial charge is 0.126 e. The zero-order valence-corrected chi connectivity index (χ0v) is 10.8. The van der Waals surface area contributed by atoms with Crippen molar-refractivity contribution in [3.8, 4) is 10.6 Å². The molecule has 0 atom stereocenters. The lowest BCUT2D eigenvalue weighted by molar-refractivity contribution is 0.619. The van der Waals surface area contributed by atoms with Crippen molar-refractivity contribution in [1.82, 2.24) is 4.98 Å². The van der Waals surface area contributed by atoms with Gasteiger partial charge in [0, 0.05) is 10.4 Å². The molecule has 2 aromatic rings. The monoisotopic (exact) mass is 250 g/mol. The molecule has 0 aliphatic carbocycles. The molecule has 0 saturated carbocycles. The Labute approximate surface area is 104 Å². The Hall–Kier alpha value is -1.26. The van der Waals surface area contributed by atoms with Crippen LogP contribution in [0.4, 0.5) is 4.39 Å². The van der Waals surface area contributed by atoms with Crippen LogP contribution in [0.5, 0.6) is 0 Å². The standard InChI is InChI=1S/C13H15FN2S/c1-8-3-4-10(7-11(8)14)13-16-9(2)12(17-13)5-6-15/h3-4,7H,5-6,15H2,1-2H3.